The number of hydrogen-bond donors (Lipinski definition) is 1. The van der Waals surface area contributed by atoms with Crippen molar-refractivity contribution in [1.29, 1.82) is 0 Å². The Balaban J connectivity index is 2.77. The van der Waals surface area contributed by atoms with Crippen molar-refractivity contribution in [3.63, 3.8) is 0 Å². The second-order valence-corrected chi connectivity index (χ2v) is 5.11. The quantitative estimate of drug-likeness (QED) is 0.925. The van der Waals surface area contributed by atoms with E-state index >= 15 is 0 Å². The van der Waals surface area contributed by atoms with Gasteiger partial charge in [0.15, 0.2) is 5.78 Å². The standard InChI is InChI=1S/C12H15BrFNO/c1-7(2)12(15)11(16)5-8-3-9(13)6-10(14)4-8/h3-4,6-7,12H,5,15H2,1-2H3. The molecular formula is C12H15BrFNO. The molecular weight excluding hydrogens is 273 g/mol. The summed E-state index contributed by atoms with van der Waals surface area (Å²) in [4.78, 5) is 11.7. The van der Waals surface area contributed by atoms with Crippen LogP contribution in [-0.2, 0) is 11.2 Å². The van der Waals surface area contributed by atoms with Crippen molar-refractivity contribution in [1.82, 2.24) is 0 Å². The number of ketones is 1. The maximum Gasteiger partial charge on any atom is 0.154 e. The fraction of sp³-hybridized carbons (Fsp3) is 0.417. The van der Waals surface area contributed by atoms with E-state index in [-0.39, 0.29) is 23.9 Å². The first-order valence-electron chi connectivity index (χ1n) is 5.13. The van der Waals surface area contributed by atoms with Gasteiger partial charge in [0.25, 0.3) is 0 Å². The monoisotopic (exact) mass is 287 g/mol. The third-order valence-electron chi connectivity index (χ3n) is 2.39. The van der Waals surface area contributed by atoms with Gasteiger partial charge < -0.3 is 5.73 Å². The lowest BCUT2D eigenvalue weighted by molar-refractivity contribution is -0.120. The smallest absolute Gasteiger partial charge is 0.154 e. The van der Waals surface area contributed by atoms with Gasteiger partial charge in [-0.15, -0.1) is 0 Å². The minimum atomic E-state index is -0.484. The summed E-state index contributed by atoms with van der Waals surface area (Å²) >= 11 is 3.19. The molecule has 0 spiro atoms. The zero-order chi connectivity index (χ0) is 12.3. The Kier molecular flexibility index (Phi) is 4.62. The Hall–Kier alpha value is -0.740. The highest BCUT2D eigenvalue weighted by molar-refractivity contribution is 9.10. The van der Waals surface area contributed by atoms with E-state index in [9.17, 15) is 9.18 Å². The van der Waals surface area contributed by atoms with Crippen molar-refractivity contribution >= 4 is 21.7 Å². The number of benzene rings is 1. The molecule has 0 aliphatic heterocycles. The second kappa shape index (κ2) is 5.55. The van der Waals surface area contributed by atoms with Gasteiger partial charge in [0.05, 0.1) is 6.04 Å². The topological polar surface area (TPSA) is 43.1 Å². The maximum absolute atomic E-state index is 13.1. The molecule has 0 saturated heterocycles. The Morgan fingerprint density at radius 1 is 1.44 bits per heavy atom. The molecule has 1 aromatic rings. The third kappa shape index (κ3) is 3.68. The summed E-state index contributed by atoms with van der Waals surface area (Å²) in [7, 11) is 0. The summed E-state index contributed by atoms with van der Waals surface area (Å²) < 4.78 is 13.7. The van der Waals surface area contributed by atoms with Crippen LogP contribution >= 0.6 is 15.9 Å². The number of halogens is 2. The number of carbonyl (C=O) groups excluding carboxylic acids is 1. The average Bonchev–Trinajstić information content (AvgIpc) is 2.14. The minimum absolute atomic E-state index is 0.0625. The van der Waals surface area contributed by atoms with E-state index in [0.29, 0.717) is 10.0 Å². The van der Waals surface area contributed by atoms with Crippen molar-refractivity contribution in [2.75, 3.05) is 0 Å². The van der Waals surface area contributed by atoms with Gasteiger partial charge in [0.2, 0.25) is 0 Å². The molecule has 0 bridgehead atoms. The molecule has 2 nitrogen and oxygen atoms in total. The first-order valence-corrected chi connectivity index (χ1v) is 5.92. The van der Waals surface area contributed by atoms with E-state index in [1.54, 1.807) is 6.07 Å². The molecule has 0 aliphatic carbocycles. The summed E-state index contributed by atoms with van der Waals surface area (Å²) in [5, 5.41) is 0. The van der Waals surface area contributed by atoms with Crippen molar-refractivity contribution < 1.29 is 9.18 Å². The van der Waals surface area contributed by atoms with E-state index in [1.165, 1.54) is 12.1 Å². The van der Waals surface area contributed by atoms with Gasteiger partial charge in [-0.05, 0) is 29.7 Å². The molecule has 0 amide bonds. The number of Topliss-reactive ketones (excluding diaryl/α,β-unsaturated/α-hetero) is 1. The zero-order valence-electron chi connectivity index (χ0n) is 9.34. The van der Waals surface area contributed by atoms with E-state index in [2.05, 4.69) is 15.9 Å². The van der Waals surface area contributed by atoms with Gasteiger partial charge in [0, 0.05) is 10.9 Å². The molecule has 0 fully saturated rings. The van der Waals surface area contributed by atoms with Crippen molar-refractivity contribution in [2.45, 2.75) is 26.3 Å². The predicted octanol–water partition coefficient (Wildman–Crippen LogP) is 2.68. The summed E-state index contributed by atoms with van der Waals surface area (Å²) in [5.41, 5.74) is 6.38. The van der Waals surface area contributed by atoms with Crippen LogP contribution in [0.2, 0.25) is 0 Å². The summed E-state index contributed by atoms with van der Waals surface area (Å²) in [6, 6.07) is 3.96. The SMILES string of the molecule is CC(C)C(N)C(=O)Cc1cc(F)cc(Br)c1. The normalized spacial score (nSPS) is 12.9. The molecule has 16 heavy (non-hydrogen) atoms. The molecule has 0 aliphatic rings. The average molecular weight is 288 g/mol. The summed E-state index contributed by atoms with van der Waals surface area (Å²) in [5.74, 6) is -0.313. The Morgan fingerprint density at radius 3 is 2.56 bits per heavy atom. The van der Waals surface area contributed by atoms with Crippen LogP contribution in [0.4, 0.5) is 4.39 Å². The molecule has 1 atom stereocenters. The van der Waals surface area contributed by atoms with E-state index in [4.69, 9.17) is 5.73 Å². The molecule has 88 valence electrons. The Bertz CT molecular complexity index is 372. The highest BCUT2D eigenvalue weighted by Gasteiger charge is 2.17. The van der Waals surface area contributed by atoms with Crippen LogP contribution in [-0.4, -0.2) is 11.8 Å². The van der Waals surface area contributed by atoms with Gasteiger partial charge in [-0.2, -0.15) is 0 Å². The molecule has 1 rings (SSSR count). The molecule has 0 heterocycles. The molecule has 1 unspecified atom stereocenters. The molecule has 1 aromatic carbocycles. The lowest BCUT2D eigenvalue weighted by atomic mass is 9.96. The lowest BCUT2D eigenvalue weighted by Crippen LogP contribution is -2.36. The van der Waals surface area contributed by atoms with Gasteiger partial charge in [0.1, 0.15) is 5.82 Å². The van der Waals surface area contributed by atoms with Crippen LogP contribution in [0.15, 0.2) is 22.7 Å². The third-order valence-corrected chi connectivity index (χ3v) is 2.85. The first-order chi connectivity index (χ1) is 7.40. The van der Waals surface area contributed by atoms with Crippen LogP contribution in [0.3, 0.4) is 0 Å². The fourth-order valence-corrected chi connectivity index (χ4v) is 1.92. The molecule has 4 heteroatoms. The predicted molar refractivity (Wildman–Crippen MR) is 65.6 cm³/mol. The molecule has 0 saturated carbocycles. The van der Waals surface area contributed by atoms with E-state index < -0.39 is 6.04 Å². The van der Waals surface area contributed by atoms with Crippen molar-refractivity contribution in [3.05, 3.63) is 34.1 Å². The Labute approximate surface area is 103 Å². The zero-order valence-corrected chi connectivity index (χ0v) is 10.9. The van der Waals surface area contributed by atoms with Crippen LogP contribution in [0.25, 0.3) is 0 Å². The maximum atomic E-state index is 13.1. The molecule has 0 radical (unpaired) electrons. The van der Waals surface area contributed by atoms with Gasteiger partial charge in [-0.25, -0.2) is 4.39 Å². The summed E-state index contributed by atoms with van der Waals surface area (Å²) in [6.07, 6.45) is 0.176. The second-order valence-electron chi connectivity index (χ2n) is 4.19. The lowest BCUT2D eigenvalue weighted by Gasteiger charge is -2.14. The van der Waals surface area contributed by atoms with Crippen molar-refractivity contribution in [2.24, 2.45) is 11.7 Å². The van der Waals surface area contributed by atoms with Crippen molar-refractivity contribution in [3.8, 4) is 0 Å². The number of hydrogen-bond acceptors (Lipinski definition) is 2. The van der Waals surface area contributed by atoms with Crippen LogP contribution in [0.1, 0.15) is 19.4 Å². The Morgan fingerprint density at radius 2 is 2.06 bits per heavy atom. The highest BCUT2D eigenvalue weighted by atomic mass is 79.9. The van der Waals surface area contributed by atoms with Gasteiger partial charge in [-0.1, -0.05) is 29.8 Å². The number of carbonyl (C=O) groups is 1. The molecule has 2 N–H and O–H groups in total. The highest BCUT2D eigenvalue weighted by Crippen LogP contribution is 2.16. The van der Waals surface area contributed by atoms with E-state index in [0.717, 1.165) is 0 Å². The largest absolute Gasteiger partial charge is 0.321 e. The van der Waals surface area contributed by atoms with E-state index in [1.807, 2.05) is 13.8 Å². The first kappa shape index (κ1) is 13.3. The number of rotatable bonds is 4. The molecule has 0 aromatic heterocycles. The van der Waals surface area contributed by atoms with Crippen LogP contribution in [0, 0.1) is 11.7 Å². The van der Waals surface area contributed by atoms with Crippen LogP contribution in [0.5, 0.6) is 0 Å². The van der Waals surface area contributed by atoms with Gasteiger partial charge >= 0.3 is 0 Å². The van der Waals surface area contributed by atoms with Gasteiger partial charge in [-0.3, -0.25) is 4.79 Å². The summed E-state index contributed by atoms with van der Waals surface area (Å²) in [6.45, 7) is 3.79. The fourth-order valence-electron chi connectivity index (χ4n) is 1.40. The minimum Gasteiger partial charge on any atom is -0.321 e. The number of nitrogens with two attached hydrogens (primary N) is 1. The van der Waals surface area contributed by atoms with Crippen LogP contribution < -0.4 is 5.73 Å².